The summed E-state index contributed by atoms with van der Waals surface area (Å²) in [5.74, 6) is 0.757. The number of nitrogens with zero attached hydrogens (tertiary/aromatic N) is 3. The van der Waals surface area contributed by atoms with Crippen molar-refractivity contribution in [3.63, 3.8) is 0 Å². The number of nitrogens with one attached hydrogen (secondary N) is 1. The van der Waals surface area contributed by atoms with Crippen molar-refractivity contribution in [3.05, 3.63) is 65.3 Å². The number of aryl methyl sites for hydroxylation is 2. The number of benzene rings is 1. The Morgan fingerprint density at radius 2 is 2.17 bits per heavy atom. The second kappa shape index (κ2) is 7.12. The van der Waals surface area contributed by atoms with Crippen LogP contribution in [-0.2, 0) is 17.8 Å². The van der Waals surface area contributed by atoms with Crippen molar-refractivity contribution in [2.24, 2.45) is 0 Å². The normalized spacial score (nSPS) is 10.8. The van der Waals surface area contributed by atoms with Crippen molar-refractivity contribution in [3.8, 4) is 0 Å². The highest BCUT2D eigenvalue weighted by Gasteiger charge is 2.11. The third kappa shape index (κ3) is 3.90. The Balaban J connectivity index is 1.58. The molecule has 3 rings (SSSR count). The van der Waals surface area contributed by atoms with E-state index in [-0.39, 0.29) is 5.91 Å². The minimum atomic E-state index is -0.0220. The van der Waals surface area contributed by atoms with Gasteiger partial charge in [-0.1, -0.05) is 17.3 Å². The Morgan fingerprint density at radius 3 is 2.88 bits per heavy atom. The van der Waals surface area contributed by atoms with Crippen LogP contribution in [0.2, 0.25) is 0 Å². The first-order valence-corrected chi connectivity index (χ1v) is 7.90. The van der Waals surface area contributed by atoms with Crippen LogP contribution in [0, 0.1) is 13.8 Å². The molecular formula is C18H20N4O2. The molecule has 0 aliphatic carbocycles. The molecule has 0 radical (unpaired) electrons. The van der Waals surface area contributed by atoms with Gasteiger partial charge in [-0.2, -0.15) is 5.10 Å². The molecule has 0 fully saturated rings. The fourth-order valence-corrected chi connectivity index (χ4v) is 2.65. The van der Waals surface area contributed by atoms with Gasteiger partial charge in [0.1, 0.15) is 5.76 Å². The van der Waals surface area contributed by atoms with Crippen molar-refractivity contribution in [1.82, 2.24) is 14.9 Å². The first-order valence-electron chi connectivity index (χ1n) is 7.90. The minimum absolute atomic E-state index is 0.0220. The van der Waals surface area contributed by atoms with Gasteiger partial charge in [0.2, 0.25) is 5.91 Å². The van der Waals surface area contributed by atoms with Gasteiger partial charge in [-0.3, -0.25) is 9.48 Å². The highest BCUT2D eigenvalue weighted by atomic mass is 16.5. The summed E-state index contributed by atoms with van der Waals surface area (Å²) in [4.78, 5) is 12.2. The fourth-order valence-electron chi connectivity index (χ4n) is 2.65. The van der Waals surface area contributed by atoms with E-state index in [0.717, 1.165) is 28.3 Å². The molecule has 0 bridgehead atoms. The van der Waals surface area contributed by atoms with Crippen LogP contribution in [0.3, 0.4) is 0 Å². The first-order chi connectivity index (χ1) is 11.6. The summed E-state index contributed by atoms with van der Waals surface area (Å²) >= 11 is 0. The molecule has 6 nitrogen and oxygen atoms in total. The van der Waals surface area contributed by atoms with Crippen molar-refractivity contribution < 1.29 is 9.32 Å². The van der Waals surface area contributed by atoms with E-state index in [0.29, 0.717) is 19.4 Å². The van der Waals surface area contributed by atoms with Crippen LogP contribution in [0.25, 0.3) is 0 Å². The molecule has 0 atom stereocenters. The van der Waals surface area contributed by atoms with E-state index in [4.69, 9.17) is 4.52 Å². The highest BCUT2D eigenvalue weighted by Crippen LogP contribution is 2.16. The molecule has 1 aromatic carbocycles. The molecule has 1 N–H and O–H groups in total. The van der Waals surface area contributed by atoms with Gasteiger partial charge in [-0.25, -0.2) is 0 Å². The smallest absolute Gasteiger partial charge is 0.224 e. The fraction of sp³-hybridized carbons (Fsp3) is 0.278. The molecule has 0 saturated heterocycles. The SMILES string of the molecule is Cc1noc(C)c1CCC(=O)Nc1cccc(Cn2cccn2)c1. The molecule has 0 aliphatic rings. The molecule has 6 heteroatoms. The number of carbonyl (C=O) groups excluding carboxylic acids is 1. The van der Waals surface area contributed by atoms with Crippen molar-refractivity contribution in [1.29, 1.82) is 0 Å². The number of carbonyl (C=O) groups is 1. The van der Waals surface area contributed by atoms with E-state index in [1.165, 1.54) is 0 Å². The van der Waals surface area contributed by atoms with Gasteiger partial charge in [0.25, 0.3) is 0 Å². The van der Waals surface area contributed by atoms with Crippen molar-refractivity contribution in [2.45, 2.75) is 33.2 Å². The molecule has 0 saturated carbocycles. The average molecular weight is 324 g/mol. The molecule has 3 aromatic rings. The summed E-state index contributed by atoms with van der Waals surface area (Å²) in [7, 11) is 0. The predicted molar refractivity (Wildman–Crippen MR) is 90.7 cm³/mol. The van der Waals surface area contributed by atoms with Crippen LogP contribution in [0.5, 0.6) is 0 Å². The number of hydrogen-bond acceptors (Lipinski definition) is 4. The third-order valence-electron chi connectivity index (χ3n) is 3.90. The maximum absolute atomic E-state index is 12.2. The summed E-state index contributed by atoms with van der Waals surface area (Å²) < 4.78 is 6.97. The largest absolute Gasteiger partial charge is 0.361 e. The summed E-state index contributed by atoms with van der Waals surface area (Å²) in [6, 6.07) is 9.69. The molecule has 24 heavy (non-hydrogen) atoms. The summed E-state index contributed by atoms with van der Waals surface area (Å²) in [5, 5.41) is 11.0. The molecule has 1 amide bonds. The van der Waals surface area contributed by atoms with E-state index in [1.807, 2.05) is 55.1 Å². The monoisotopic (exact) mass is 324 g/mol. The number of anilines is 1. The topological polar surface area (TPSA) is 73.0 Å². The highest BCUT2D eigenvalue weighted by molar-refractivity contribution is 5.90. The van der Waals surface area contributed by atoms with E-state index in [1.54, 1.807) is 6.20 Å². The van der Waals surface area contributed by atoms with Gasteiger partial charge in [-0.05, 0) is 44.0 Å². The van der Waals surface area contributed by atoms with E-state index < -0.39 is 0 Å². The Hall–Kier alpha value is -2.89. The van der Waals surface area contributed by atoms with Crippen LogP contribution in [0.4, 0.5) is 5.69 Å². The maximum Gasteiger partial charge on any atom is 0.224 e. The zero-order chi connectivity index (χ0) is 16.9. The average Bonchev–Trinajstić information content (AvgIpc) is 3.16. The second-order valence-corrected chi connectivity index (χ2v) is 5.75. The van der Waals surface area contributed by atoms with Crippen LogP contribution >= 0.6 is 0 Å². The lowest BCUT2D eigenvalue weighted by Crippen LogP contribution is -2.13. The molecule has 2 aromatic heterocycles. The Kier molecular flexibility index (Phi) is 4.74. The summed E-state index contributed by atoms with van der Waals surface area (Å²) in [6.07, 6.45) is 4.68. The number of aromatic nitrogens is 3. The number of hydrogen-bond donors (Lipinski definition) is 1. The third-order valence-corrected chi connectivity index (χ3v) is 3.90. The second-order valence-electron chi connectivity index (χ2n) is 5.75. The van der Waals surface area contributed by atoms with Crippen molar-refractivity contribution >= 4 is 11.6 Å². The minimum Gasteiger partial charge on any atom is -0.361 e. The van der Waals surface area contributed by atoms with Gasteiger partial charge in [-0.15, -0.1) is 0 Å². The van der Waals surface area contributed by atoms with Gasteiger partial charge in [0.15, 0.2) is 0 Å². The van der Waals surface area contributed by atoms with Crippen LogP contribution < -0.4 is 5.32 Å². The lowest BCUT2D eigenvalue weighted by Gasteiger charge is -2.08. The predicted octanol–water partition coefficient (Wildman–Crippen LogP) is 3.11. The van der Waals surface area contributed by atoms with Crippen LogP contribution in [0.1, 0.15) is 29.0 Å². The van der Waals surface area contributed by atoms with Crippen molar-refractivity contribution in [2.75, 3.05) is 5.32 Å². The lowest BCUT2D eigenvalue weighted by atomic mass is 10.1. The zero-order valence-electron chi connectivity index (χ0n) is 13.8. The number of amides is 1. The Labute approximate surface area is 140 Å². The summed E-state index contributed by atoms with van der Waals surface area (Å²) in [6.45, 7) is 4.43. The quantitative estimate of drug-likeness (QED) is 0.756. The Morgan fingerprint density at radius 1 is 1.29 bits per heavy atom. The van der Waals surface area contributed by atoms with Gasteiger partial charge in [0, 0.05) is 30.1 Å². The van der Waals surface area contributed by atoms with E-state index >= 15 is 0 Å². The Bertz CT molecular complexity index is 802. The van der Waals surface area contributed by atoms with Gasteiger partial charge < -0.3 is 9.84 Å². The molecule has 0 spiro atoms. The van der Waals surface area contributed by atoms with E-state index in [2.05, 4.69) is 15.6 Å². The lowest BCUT2D eigenvalue weighted by molar-refractivity contribution is -0.116. The van der Waals surface area contributed by atoms with E-state index in [9.17, 15) is 4.79 Å². The van der Waals surface area contributed by atoms with Crippen LogP contribution in [-0.4, -0.2) is 20.8 Å². The molecular weight excluding hydrogens is 304 g/mol. The van der Waals surface area contributed by atoms with Gasteiger partial charge >= 0.3 is 0 Å². The molecule has 0 aliphatic heterocycles. The summed E-state index contributed by atoms with van der Waals surface area (Å²) in [5.41, 5.74) is 3.74. The standard InChI is InChI=1S/C18H20N4O2/c1-13-17(14(2)24-21-13)7-8-18(23)20-16-6-3-5-15(11-16)12-22-10-4-9-19-22/h3-6,9-11H,7-8,12H2,1-2H3,(H,20,23). The first kappa shape index (κ1) is 16.0. The molecule has 0 unspecified atom stereocenters. The maximum atomic E-state index is 12.2. The zero-order valence-corrected chi connectivity index (χ0v) is 13.8. The molecule has 2 heterocycles. The number of rotatable bonds is 6. The van der Waals surface area contributed by atoms with Gasteiger partial charge in [0.05, 0.1) is 12.2 Å². The molecule has 124 valence electrons. The van der Waals surface area contributed by atoms with Crippen LogP contribution in [0.15, 0.2) is 47.2 Å².